The Bertz CT molecular complexity index is 510. The van der Waals surface area contributed by atoms with Gasteiger partial charge in [-0.15, -0.1) is 0 Å². The SMILES string of the molecule is O=C(O)c1ccc(NCCC2CCCC2)c([N+](=O)[O-])c1. The molecule has 1 aromatic carbocycles. The van der Waals surface area contributed by atoms with Crippen LogP contribution in [0.2, 0.25) is 0 Å². The van der Waals surface area contributed by atoms with Crippen LogP contribution in [0.1, 0.15) is 42.5 Å². The van der Waals surface area contributed by atoms with Gasteiger partial charge in [-0.25, -0.2) is 4.79 Å². The Kier molecular flexibility index (Phi) is 4.55. The number of carbonyl (C=O) groups is 1. The van der Waals surface area contributed by atoms with Gasteiger partial charge in [0.25, 0.3) is 5.69 Å². The summed E-state index contributed by atoms with van der Waals surface area (Å²) in [7, 11) is 0. The fourth-order valence-corrected chi connectivity index (χ4v) is 2.68. The Hall–Kier alpha value is -2.11. The lowest BCUT2D eigenvalue weighted by molar-refractivity contribution is -0.384. The first-order chi connectivity index (χ1) is 9.58. The van der Waals surface area contributed by atoms with Gasteiger partial charge in [-0.1, -0.05) is 25.7 Å². The van der Waals surface area contributed by atoms with Crippen LogP contribution in [-0.2, 0) is 0 Å². The fourth-order valence-electron chi connectivity index (χ4n) is 2.68. The molecular formula is C14H18N2O4. The minimum Gasteiger partial charge on any atom is -0.478 e. The lowest BCUT2D eigenvalue weighted by Gasteiger charge is -2.11. The van der Waals surface area contributed by atoms with Crippen molar-refractivity contribution in [3.63, 3.8) is 0 Å². The number of rotatable bonds is 6. The van der Waals surface area contributed by atoms with Crippen molar-refractivity contribution < 1.29 is 14.8 Å². The van der Waals surface area contributed by atoms with Crippen LogP contribution < -0.4 is 5.32 Å². The summed E-state index contributed by atoms with van der Waals surface area (Å²) in [5, 5.41) is 22.9. The molecule has 0 amide bonds. The second-order valence-electron chi connectivity index (χ2n) is 5.16. The van der Waals surface area contributed by atoms with Gasteiger partial charge in [-0.05, 0) is 24.5 Å². The molecule has 0 aliphatic heterocycles. The summed E-state index contributed by atoms with van der Waals surface area (Å²) in [6.45, 7) is 0.678. The molecule has 0 unspecified atom stereocenters. The number of benzene rings is 1. The number of hydrogen-bond donors (Lipinski definition) is 2. The molecule has 1 fully saturated rings. The second-order valence-corrected chi connectivity index (χ2v) is 5.16. The molecule has 1 aliphatic rings. The van der Waals surface area contributed by atoms with Gasteiger partial charge < -0.3 is 10.4 Å². The van der Waals surface area contributed by atoms with Gasteiger partial charge in [0.05, 0.1) is 10.5 Å². The Labute approximate surface area is 117 Å². The largest absolute Gasteiger partial charge is 0.478 e. The Balaban J connectivity index is 2.02. The van der Waals surface area contributed by atoms with Crippen LogP contribution in [-0.4, -0.2) is 22.5 Å². The third-order valence-electron chi connectivity index (χ3n) is 3.78. The van der Waals surface area contributed by atoms with E-state index >= 15 is 0 Å². The average Bonchev–Trinajstić information content (AvgIpc) is 2.91. The summed E-state index contributed by atoms with van der Waals surface area (Å²) >= 11 is 0. The summed E-state index contributed by atoms with van der Waals surface area (Å²) in [6.07, 6.45) is 6.03. The highest BCUT2D eigenvalue weighted by molar-refractivity contribution is 5.89. The molecule has 1 saturated carbocycles. The fraction of sp³-hybridized carbons (Fsp3) is 0.500. The molecule has 0 heterocycles. The zero-order chi connectivity index (χ0) is 14.5. The molecule has 2 rings (SSSR count). The highest BCUT2D eigenvalue weighted by Crippen LogP contribution is 2.29. The van der Waals surface area contributed by atoms with E-state index in [1.807, 2.05) is 0 Å². The van der Waals surface area contributed by atoms with Crippen molar-refractivity contribution in [2.45, 2.75) is 32.1 Å². The number of nitrogens with one attached hydrogen (secondary N) is 1. The number of nitro groups is 1. The zero-order valence-corrected chi connectivity index (χ0v) is 11.2. The maximum absolute atomic E-state index is 11.0. The maximum atomic E-state index is 11.0. The van der Waals surface area contributed by atoms with Gasteiger partial charge in [0.1, 0.15) is 5.69 Å². The molecular weight excluding hydrogens is 260 g/mol. The van der Waals surface area contributed by atoms with Crippen LogP contribution in [0.15, 0.2) is 18.2 Å². The van der Waals surface area contributed by atoms with E-state index in [9.17, 15) is 14.9 Å². The van der Waals surface area contributed by atoms with Gasteiger partial charge in [-0.3, -0.25) is 10.1 Å². The Morgan fingerprint density at radius 3 is 2.70 bits per heavy atom. The third kappa shape index (κ3) is 3.46. The van der Waals surface area contributed by atoms with Crippen LogP contribution in [0, 0.1) is 16.0 Å². The van der Waals surface area contributed by atoms with Crippen molar-refractivity contribution in [3.8, 4) is 0 Å². The molecule has 6 nitrogen and oxygen atoms in total. The molecule has 20 heavy (non-hydrogen) atoms. The van der Waals surface area contributed by atoms with E-state index in [4.69, 9.17) is 5.11 Å². The van der Waals surface area contributed by atoms with Gasteiger partial charge >= 0.3 is 5.97 Å². The summed E-state index contributed by atoms with van der Waals surface area (Å²) < 4.78 is 0. The van der Waals surface area contributed by atoms with E-state index in [0.717, 1.165) is 12.5 Å². The van der Waals surface area contributed by atoms with Crippen LogP contribution >= 0.6 is 0 Å². The minimum absolute atomic E-state index is 0.0713. The molecule has 1 aromatic rings. The number of nitro benzene ring substituents is 1. The van der Waals surface area contributed by atoms with Crippen molar-refractivity contribution in [1.29, 1.82) is 0 Å². The van der Waals surface area contributed by atoms with Crippen molar-refractivity contribution in [2.75, 3.05) is 11.9 Å². The van der Waals surface area contributed by atoms with E-state index in [1.165, 1.54) is 37.8 Å². The minimum atomic E-state index is -1.16. The predicted octanol–water partition coefficient (Wildman–Crippen LogP) is 3.29. The molecule has 0 saturated heterocycles. The van der Waals surface area contributed by atoms with Crippen molar-refractivity contribution in [1.82, 2.24) is 0 Å². The first-order valence-electron chi connectivity index (χ1n) is 6.83. The van der Waals surface area contributed by atoms with Gasteiger partial charge in [0.15, 0.2) is 0 Å². The molecule has 1 aliphatic carbocycles. The number of aromatic carboxylic acids is 1. The van der Waals surface area contributed by atoms with Crippen molar-refractivity contribution >= 4 is 17.3 Å². The average molecular weight is 278 g/mol. The summed E-state index contributed by atoms with van der Waals surface area (Å²) in [5.41, 5.74) is 0.132. The summed E-state index contributed by atoms with van der Waals surface area (Å²) in [5.74, 6) is -0.453. The van der Waals surface area contributed by atoms with Gasteiger partial charge in [0, 0.05) is 12.6 Å². The Morgan fingerprint density at radius 1 is 1.40 bits per heavy atom. The van der Waals surface area contributed by atoms with E-state index in [-0.39, 0.29) is 11.3 Å². The highest BCUT2D eigenvalue weighted by Gasteiger charge is 2.18. The third-order valence-corrected chi connectivity index (χ3v) is 3.78. The van der Waals surface area contributed by atoms with Crippen molar-refractivity contribution in [2.24, 2.45) is 5.92 Å². The van der Waals surface area contributed by atoms with E-state index < -0.39 is 10.9 Å². The van der Waals surface area contributed by atoms with Crippen LogP contribution in [0.3, 0.4) is 0 Å². The van der Waals surface area contributed by atoms with Crippen LogP contribution in [0.4, 0.5) is 11.4 Å². The smallest absolute Gasteiger partial charge is 0.335 e. The number of carboxylic acid groups (broad SMARTS) is 1. The van der Waals surface area contributed by atoms with E-state index in [0.29, 0.717) is 18.2 Å². The molecule has 108 valence electrons. The number of carboxylic acids is 1. The quantitative estimate of drug-likeness (QED) is 0.615. The standard InChI is InChI=1S/C14H18N2O4/c17-14(18)11-5-6-12(13(9-11)16(19)20)15-8-7-10-3-1-2-4-10/h5-6,9-10,15H,1-4,7-8H2,(H,17,18). The number of hydrogen-bond acceptors (Lipinski definition) is 4. The summed E-state index contributed by atoms with van der Waals surface area (Å²) in [4.78, 5) is 21.3. The maximum Gasteiger partial charge on any atom is 0.335 e. The molecule has 0 bridgehead atoms. The van der Waals surface area contributed by atoms with E-state index in [2.05, 4.69) is 5.32 Å². The highest BCUT2D eigenvalue weighted by atomic mass is 16.6. The number of anilines is 1. The molecule has 0 aromatic heterocycles. The monoisotopic (exact) mass is 278 g/mol. The predicted molar refractivity (Wildman–Crippen MR) is 75.1 cm³/mol. The normalized spacial score (nSPS) is 15.2. The second kappa shape index (κ2) is 6.36. The summed E-state index contributed by atoms with van der Waals surface area (Å²) in [6, 6.07) is 3.95. The lowest BCUT2D eigenvalue weighted by Crippen LogP contribution is -2.09. The molecule has 6 heteroatoms. The Morgan fingerprint density at radius 2 is 2.10 bits per heavy atom. The topological polar surface area (TPSA) is 92.5 Å². The van der Waals surface area contributed by atoms with Gasteiger partial charge in [-0.2, -0.15) is 0 Å². The number of nitrogens with zero attached hydrogens (tertiary/aromatic N) is 1. The molecule has 0 spiro atoms. The molecule has 0 radical (unpaired) electrons. The van der Waals surface area contributed by atoms with Crippen LogP contribution in [0.25, 0.3) is 0 Å². The first kappa shape index (κ1) is 14.3. The van der Waals surface area contributed by atoms with E-state index in [1.54, 1.807) is 0 Å². The molecule has 2 N–H and O–H groups in total. The lowest BCUT2D eigenvalue weighted by atomic mass is 10.0. The zero-order valence-electron chi connectivity index (χ0n) is 11.2. The van der Waals surface area contributed by atoms with Gasteiger partial charge in [0.2, 0.25) is 0 Å². The first-order valence-corrected chi connectivity index (χ1v) is 6.83. The van der Waals surface area contributed by atoms with Crippen molar-refractivity contribution in [3.05, 3.63) is 33.9 Å². The van der Waals surface area contributed by atoms with Crippen LogP contribution in [0.5, 0.6) is 0 Å². The molecule has 0 atom stereocenters.